The average Bonchev–Trinajstić information content (AvgIpc) is 3.64. The highest BCUT2D eigenvalue weighted by atomic mass is 16.5. The maximum atomic E-state index is 16.0. The number of para-hydroxylation sites is 1. The van der Waals surface area contributed by atoms with Crippen LogP contribution in [0.5, 0.6) is 0 Å². The molecule has 5 aromatic carbocycles. The van der Waals surface area contributed by atoms with Gasteiger partial charge in [0.2, 0.25) is 11.8 Å². The van der Waals surface area contributed by atoms with Crippen LogP contribution in [0, 0.1) is 25.7 Å². The molecule has 4 atom stereocenters. The largest absolute Gasteiger partial charge is 0.465 e. The molecule has 6 heteroatoms. The maximum Gasteiger partial charge on any atom is 0.339 e. The molecule has 1 saturated heterocycles. The van der Waals surface area contributed by atoms with Gasteiger partial charge in [0, 0.05) is 0 Å². The quantitative estimate of drug-likeness (QED) is 0.144. The van der Waals surface area contributed by atoms with Crippen molar-refractivity contribution < 1.29 is 23.9 Å². The number of anilines is 1. The molecule has 2 fully saturated rings. The van der Waals surface area contributed by atoms with E-state index in [0.29, 0.717) is 11.1 Å². The van der Waals surface area contributed by atoms with Crippen molar-refractivity contribution in [3.05, 3.63) is 172 Å². The number of nitrogens with zero attached hydrogens (tertiary/aromatic N) is 1. The molecule has 1 saturated carbocycles. The molecule has 0 unspecified atom stereocenters. The molecular formula is C43H33NO5. The third kappa shape index (κ3) is 3.94. The summed E-state index contributed by atoms with van der Waals surface area (Å²) in [6, 6.07) is 41.4. The number of carbonyl (C=O) groups excluding carboxylic acids is 4. The molecule has 0 spiro atoms. The summed E-state index contributed by atoms with van der Waals surface area (Å²) >= 11 is 0. The number of aryl methyl sites for hydroxylation is 2. The van der Waals surface area contributed by atoms with Crippen LogP contribution in [0.25, 0.3) is 11.1 Å². The SMILES string of the molecule is COC(=O)c1ccccc1N1C(=O)[C@H]2[C@H](C1=O)[C@@]1(c3ccccc3)C(=O)[C@@]2(c2ccccc2)C(c2ccc(C)cc2)=C1c1ccc(C)cc1. The molecule has 2 amide bonds. The van der Waals surface area contributed by atoms with Gasteiger partial charge in [-0.1, -0.05) is 132 Å². The lowest BCUT2D eigenvalue weighted by Crippen LogP contribution is -2.46. The zero-order valence-corrected chi connectivity index (χ0v) is 27.3. The third-order valence-corrected chi connectivity index (χ3v) is 10.7. The van der Waals surface area contributed by atoms with Crippen LogP contribution in [-0.4, -0.2) is 30.7 Å². The maximum absolute atomic E-state index is 16.0. The molecule has 1 heterocycles. The van der Waals surface area contributed by atoms with Crippen LogP contribution in [0.3, 0.4) is 0 Å². The number of ketones is 1. The van der Waals surface area contributed by atoms with Crippen LogP contribution >= 0.6 is 0 Å². The zero-order chi connectivity index (χ0) is 34.1. The fourth-order valence-corrected chi connectivity index (χ4v) is 8.75. The topological polar surface area (TPSA) is 80.8 Å². The van der Waals surface area contributed by atoms with Crippen molar-refractivity contribution in [3.8, 4) is 0 Å². The van der Waals surface area contributed by atoms with Gasteiger partial charge in [0.1, 0.15) is 0 Å². The Morgan fingerprint density at radius 1 is 0.571 bits per heavy atom. The van der Waals surface area contributed by atoms with E-state index in [2.05, 4.69) is 0 Å². The number of benzene rings is 5. The van der Waals surface area contributed by atoms with Gasteiger partial charge in [0.05, 0.1) is 41.0 Å². The fraction of sp³-hybridized carbons (Fsp3) is 0.163. The second-order valence-corrected chi connectivity index (χ2v) is 13.1. The first-order valence-electron chi connectivity index (χ1n) is 16.4. The standard InChI is InChI=1S/C43H33NO5/c1-26-18-22-28(23-19-26)34-35(29-24-20-27(2)21-25-29)43(31-14-8-5-9-15-31)37-36(42(34,41(43)48)30-12-6-4-7-13-30)38(45)44(39(37)46)33-17-11-10-16-32(33)40(47)49-3/h4-25,36-37H,1-3H3/t36-,37-,42+,43+/m1/s1. The molecule has 240 valence electrons. The Morgan fingerprint density at radius 2 is 0.980 bits per heavy atom. The number of fused-ring (bicyclic) bond motifs is 5. The normalized spacial score (nSPS) is 24.1. The Balaban J connectivity index is 1.54. The Labute approximate surface area is 284 Å². The summed E-state index contributed by atoms with van der Waals surface area (Å²) in [5.41, 5.74) is 3.65. The molecule has 8 rings (SSSR count). The van der Waals surface area contributed by atoms with E-state index in [9.17, 15) is 4.79 Å². The molecule has 2 aliphatic carbocycles. The van der Waals surface area contributed by atoms with Gasteiger partial charge in [-0.25, -0.2) is 9.69 Å². The molecule has 5 aromatic rings. The first-order chi connectivity index (χ1) is 23.8. The van der Waals surface area contributed by atoms with E-state index < -0.39 is 40.4 Å². The van der Waals surface area contributed by atoms with E-state index in [0.717, 1.165) is 38.3 Å². The molecule has 6 nitrogen and oxygen atoms in total. The van der Waals surface area contributed by atoms with Gasteiger partial charge >= 0.3 is 5.97 Å². The second kappa shape index (κ2) is 11.1. The van der Waals surface area contributed by atoms with Gasteiger partial charge in [-0.3, -0.25) is 14.4 Å². The van der Waals surface area contributed by atoms with Crippen molar-refractivity contribution >= 4 is 40.4 Å². The van der Waals surface area contributed by atoms with Crippen molar-refractivity contribution in [3.63, 3.8) is 0 Å². The highest BCUT2D eigenvalue weighted by Crippen LogP contribution is 2.74. The van der Waals surface area contributed by atoms with Crippen LogP contribution in [0.4, 0.5) is 5.69 Å². The van der Waals surface area contributed by atoms with Crippen molar-refractivity contribution in [1.82, 2.24) is 0 Å². The van der Waals surface area contributed by atoms with Crippen molar-refractivity contribution in [2.45, 2.75) is 24.7 Å². The van der Waals surface area contributed by atoms with Gasteiger partial charge in [-0.2, -0.15) is 0 Å². The molecule has 2 bridgehead atoms. The predicted molar refractivity (Wildman–Crippen MR) is 188 cm³/mol. The molecule has 0 radical (unpaired) electrons. The number of esters is 1. The summed E-state index contributed by atoms with van der Waals surface area (Å²) in [7, 11) is 1.26. The lowest BCUT2D eigenvalue weighted by atomic mass is 9.59. The minimum absolute atomic E-state index is 0.0957. The number of allylic oxidation sites excluding steroid dienone is 2. The Bertz CT molecular complexity index is 2080. The van der Waals surface area contributed by atoms with Crippen molar-refractivity contribution in [2.24, 2.45) is 11.8 Å². The van der Waals surface area contributed by atoms with E-state index in [-0.39, 0.29) is 17.0 Å². The molecular weight excluding hydrogens is 610 g/mol. The number of rotatable bonds is 6. The first kappa shape index (κ1) is 30.5. The minimum atomic E-state index is -1.53. The lowest BCUT2D eigenvalue weighted by Gasteiger charge is -2.39. The Morgan fingerprint density at radius 3 is 1.41 bits per heavy atom. The smallest absolute Gasteiger partial charge is 0.339 e. The highest BCUT2D eigenvalue weighted by Gasteiger charge is 2.82. The van der Waals surface area contributed by atoms with Crippen LogP contribution < -0.4 is 4.90 Å². The summed E-state index contributed by atoms with van der Waals surface area (Å²) in [5, 5.41) is 0. The number of Topliss-reactive ketones (excluding diaryl/α,β-unsaturated/α-hetero) is 1. The number of ether oxygens (including phenoxy) is 1. The van der Waals surface area contributed by atoms with Crippen LogP contribution in [0.1, 0.15) is 43.7 Å². The van der Waals surface area contributed by atoms with E-state index >= 15 is 14.4 Å². The predicted octanol–water partition coefficient (Wildman–Crippen LogP) is 7.28. The molecule has 49 heavy (non-hydrogen) atoms. The average molecular weight is 644 g/mol. The number of methoxy groups -OCH3 is 1. The summed E-state index contributed by atoms with van der Waals surface area (Å²) in [6.07, 6.45) is 0. The van der Waals surface area contributed by atoms with Crippen LogP contribution in [0.2, 0.25) is 0 Å². The van der Waals surface area contributed by atoms with Crippen molar-refractivity contribution in [1.29, 1.82) is 0 Å². The monoisotopic (exact) mass is 643 g/mol. The van der Waals surface area contributed by atoms with E-state index in [1.165, 1.54) is 7.11 Å². The molecule has 0 aromatic heterocycles. The third-order valence-electron chi connectivity index (χ3n) is 10.7. The summed E-state index contributed by atoms with van der Waals surface area (Å²) in [4.78, 5) is 60.7. The van der Waals surface area contributed by atoms with E-state index in [4.69, 9.17) is 4.74 Å². The lowest BCUT2D eigenvalue weighted by molar-refractivity contribution is -0.130. The molecule has 0 N–H and O–H groups in total. The number of carbonyl (C=O) groups is 4. The second-order valence-electron chi connectivity index (χ2n) is 13.1. The minimum Gasteiger partial charge on any atom is -0.465 e. The van der Waals surface area contributed by atoms with Gasteiger partial charge in [-0.05, 0) is 59.4 Å². The van der Waals surface area contributed by atoms with E-state index in [1.807, 2.05) is 123 Å². The highest BCUT2D eigenvalue weighted by molar-refractivity contribution is 6.39. The summed E-state index contributed by atoms with van der Waals surface area (Å²) in [6.45, 7) is 4.02. The van der Waals surface area contributed by atoms with Gasteiger partial charge in [0.25, 0.3) is 0 Å². The Kier molecular flexibility index (Phi) is 6.90. The summed E-state index contributed by atoms with van der Waals surface area (Å²) < 4.78 is 5.07. The van der Waals surface area contributed by atoms with Gasteiger partial charge in [-0.15, -0.1) is 0 Å². The zero-order valence-electron chi connectivity index (χ0n) is 27.3. The van der Waals surface area contributed by atoms with Crippen LogP contribution in [-0.2, 0) is 30.0 Å². The van der Waals surface area contributed by atoms with Gasteiger partial charge < -0.3 is 4.74 Å². The summed E-state index contributed by atoms with van der Waals surface area (Å²) in [5.74, 6) is -4.08. The van der Waals surface area contributed by atoms with Gasteiger partial charge in [0.15, 0.2) is 5.78 Å². The van der Waals surface area contributed by atoms with E-state index in [1.54, 1.807) is 24.3 Å². The number of imide groups is 1. The van der Waals surface area contributed by atoms with Crippen molar-refractivity contribution in [2.75, 3.05) is 12.0 Å². The number of amides is 2. The Hall–Kier alpha value is -5.88. The first-order valence-corrected chi connectivity index (χ1v) is 16.4. The molecule has 3 aliphatic rings. The fourth-order valence-electron chi connectivity index (χ4n) is 8.75. The molecule has 1 aliphatic heterocycles. The number of hydrogen-bond donors (Lipinski definition) is 0. The van der Waals surface area contributed by atoms with Crippen LogP contribution in [0.15, 0.2) is 133 Å². The number of hydrogen-bond acceptors (Lipinski definition) is 5.